The summed E-state index contributed by atoms with van der Waals surface area (Å²) >= 11 is 0. The number of rotatable bonds is 4. The van der Waals surface area contributed by atoms with Crippen molar-refractivity contribution in [2.24, 2.45) is 0 Å². The number of hydrogen-bond donors (Lipinski definition) is 1. The molecule has 0 saturated heterocycles. The number of aryl methyl sites for hydroxylation is 2. The number of pyridine rings is 2. The maximum atomic E-state index is 13.1. The number of aromatic nitrogens is 4. The Balaban J connectivity index is 1.89. The summed E-state index contributed by atoms with van der Waals surface area (Å²) < 4.78 is 7.49. The van der Waals surface area contributed by atoms with Crippen LogP contribution in [-0.2, 0) is 0 Å². The van der Waals surface area contributed by atoms with E-state index in [4.69, 9.17) is 9.40 Å². The molecular formula is C21H21N5O2. The molecule has 0 aliphatic carbocycles. The van der Waals surface area contributed by atoms with Crippen molar-refractivity contribution < 1.29 is 9.21 Å². The minimum atomic E-state index is -0.221. The summed E-state index contributed by atoms with van der Waals surface area (Å²) in [5, 5.41) is 8.08. The van der Waals surface area contributed by atoms with Crippen molar-refractivity contribution in [3.8, 4) is 11.3 Å². The van der Waals surface area contributed by atoms with Crippen LogP contribution in [0.25, 0.3) is 22.3 Å². The van der Waals surface area contributed by atoms with Crippen molar-refractivity contribution in [2.45, 2.75) is 33.7 Å². The lowest BCUT2D eigenvalue weighted by Gasteiger charge is -2.11. The second-order valence-electron chi connectivity index (χ2n) is 6.99. The van der Waals surface area contributed by atoms with E-state index in [-0.39, 0.29) is 11.9 Å². The third kappa shape index (κ3) is 3.15. The third-order valence-electron chi connectivity index (χ3n) is 4.56. The van der Waals surface area contributed by atoms with Gasteiger partial charge in [-0.05, 0) is 52.0 Å². The summed E-state index contributed by atoms with van der Waals surface area (Å²) in [5.74, 6) is 1.34. The zero-order valence-corrected chi connectivity index (χ0v) is 16.2. The Kier molecular flexibility index (Phi) is 4.43. The average molecular weight is 375 g/mol. The maximum absolute atomic E-state index is 13.1. The van der Waals surface area contributed by atoms with Crippen LogP contribution in [0.4, 0.5) is 5.69 Å². The molecule has 0 spiro atoms. The standard InChI is InChI=1S/C21H21N5O2/c1-12(2)26-20-18(11-23-26)17(21(27)24-15-5-7-22-8-6-15)10-19(25-20)16-9-13(3)28-14(16)4/h5-12H,1-4H3,(H,22,24,27). The van der Waals surface area contributed by atoms with Crippen molar-refractivity contribution in [3.63, 3.8) is 0 Å². The van der Waals surface area contributed by atoms with Gasteiger partial charge in [0.2, 0.25) is 0 Å². The second-order valence-corrected chi connectivity index (χ2v) is 6.99. The number of hydrogen-bond acceptors (Lipinski definition) is 5. The van der Waals surface area contributed by atoms with Crippen LogP contribution in [0.2, 0.25) is 0 Å². The summed E-state index contributed by atoms with van der Waals surface area (Å²) in [6, 6.07) is 7.34. The van der Waals surface area contributed by atoms with Gasteiger partial charge in [-0.15, -0.1) is 0 Å². The predicted molar refractivity (Wildman–Crippen MR) is 107 cm³/mol. The SMILES string of the molecule is Cc1cc(-c2cc(C(=O)Nc3ccncc3)c3cnn(C(C)C)c3n2)c(C)o1. The van der Waals surface area contributed by atoms with E-state index < -0.39 is 0 Å². The highest BCUT2D eigenvalue weighted by Crippen LogP contribution is 2.30. The normalized spacial score (nSPS) is 11.3. The van der Waals surface area contributed by atoms with Crippen molar-refractivity contribution in [3.05, 3.63) is 59.9 Å². The highest BCUT2D eigenvalue weighted by Gasteiger charge is 2.20. The summed E-state index contributed by atoms with van der Waals surface area (Å²) in [5.41, 5.74) is 3.42. The molecule has 0 bridgehead atoms. The molecule has 0 saturated carbocycles. The van der Waals surface area contributed by atoms with Gasteiger partial charge in [0, 0.05) is 29.7 Å². The molecule has 28 heavy (non-hydrogen) atoms. The number of nitrogens with zero attached hydrogens (tertiary/aromatic N) is 4. The molecule has 1 amide bonds. The van der Waals surface area contributed by atoms with E-state index in [2.05, 4.69) is 15.4 Å². The van der Waals surface area contributed by atoms with Gasteiger partial charge in [-0.2, -0.15) is 5.10 Å². The van der Waals surface area contributed by atoms with Crippen LogP contribution in [0.15, 0.2) is 47.3 Å². The first-order chi connectivity index (χ1) is 13.4. The van der Waals surface area contributed by atoms with Gasteiger partial charge in [-0.3, -0.25) is 9.78 Å². The molecule has 7 heteroatoms. The van der Waals surface area contributed by atoms with Gasteiger partial charge in [-0.1, -0.05) is 0 Å². The predicted octanol–water partition coefficient (Wildman–Crippen LogP) is 4.54. The van der Waals surface area contributed by atoms with Crippen molar-refractivity contribution >= 4 is 22.6 Å². The number of amides is 1. The Bertz CT molecular complexity index is 1160. The fourth-order valence-electron chi connectivity index (χ4n) is 3.24. The van der Waals surface area contributed by atoms with Crippen LogP contribution in [0, 0.1) is 13.8 Å². The molecule has 142 valence electrons. The molecule has 0 unspecified atom stereocenters. The van der Waals surface area contributed by atoms with E-state index >= 15 is 0 Å². The fraction of sp³-hybridized carbons (Fsp3) is 0.238. The minimum absolute atomic E-state index is 0.114. The van der Waals surface area contributed by atoms with Crippen molar-refractivity contribution in [1.82, 2.24) is 19.7 Å². The Morgan fingerprint density at radius 3 is 2.57 bits per heavy atom. The highest BCUT2D eigenvalue weighted by atomic mass is 16.3. The fourth-order valence-corrected chi connectivity index (χ4v) is 3.24. The number of fused-ring (bicyclic) bond motifs is 1. The van der Waals surface area contributed by atoms with Gasteiger partial charge in [0.1, 0.15) is 11.5 Å². The van der Waals surface area contributed by atoms with Crippen LogP contribution in [-0.4, -0.2) is 25.7 Å². The topological polar surface area (TPSA) is 85.8 Å². The van der Waals surface area contributed by atoms with Gasteiger partial charge in [0.25, 0.3) is 5.91 Å². The molecule has 4 aromatic rings. The van der Waals surface area contributed by atoms with E-state index in [0.29, 0.717) is 28.0 Å². The number of nitrogens with one attached hydrogen (secondary N) is 1. The van der Waals surface area contributed by atoms with E-state index in [9.17, 15) is 4.79 Å². The van der Waals surface area contributed by atoms with E-state index in [0.717, 1.165) is 17.1 Å². The van der Waals surface area contributed by atoms with Crippen LogP contribution in [0.1, 0.15) is 41.8 Å². The van der Waals surface area contributed by atoms with E-state index in [1.165, 1.54) is 0 Å². The summed E-state index contributed by atoms with van der Waals surface area (Å²) in [4.78, 5) is 21.8. The number of furan rings is 1. The number of anilines is 1. The Hall–Kier alpha value is -3.48. The number of carbonyl (C=O) groups excluding carboxylic acids is 1. The summed E-state index contributed by atoms with van der Waals surface area (Å²) in [7, 11) is 0. The largest absolute Gasteiger partial charge is 0.466 e. The van der Waals surface area contributed by atoms with Crippen LogP contribution >= 0.6 is 0 Å². The van der Waals surface area contributed by atoms with Gasteiger partial charge >= 0.3 is 0 Å². The molecule has 4 rings (SSSR count). The lowest BCUT2D eigenvalue weighted by molar-refractivity contribution is 0.102. The van der Waals surface area contributed by atoms with Gasteiger partial charge in [0.05, 0.1) is 22.8 Å². The third-order valence-corrected chi connectivity index (χ3v) is 4.56. The summed E-state index contributed by atoms with van der Waals surface area (Å²) in [6.45, 7) is 7.85. The first-order valence-electron chi connectivity index (χ1n) is 9.11. The van der Waals surface area contributed by atoms with Gasteiger partial charge in [0.15, 0.2) is 5.65 Å². The Morgan fingerprint density at radius 1 is 1.18 bits per heavy atom. The minimum Gasteiger partial charge on any atom is -0.466 e. The van der Waals surface area contributed by atoms with E-state index in [1.54, 1.807) is 36.8 Å². The van der Waals surface area contributed by atoms with Crippen LogP contribution < -0.4 is 5.32 Å². The van der Waals surface area contributed by atoms with E-state index in [1.807, 2.05) is 38.4 Å². The quantitative estimate of drug-likeness (QED) is 0.566. The second kappa shape index (κ2) is 6.92. The Labute approximate surface area is 162 Å². The molecule has 1 N–H and O–H groups in total. The van der Waals surface area contributed by atoms with Crippen LogP contribution in [0.3, 0.4) is 0 Å². The first-order valence-corrected chi connectivity index (χ1v) is 9.11. The van der Waals surface area contributed by atoms with Gasteiger partial charge in [-0.25, -0.2) is 9.67 Å². The monoisotopic (exact) mass is 375 g/mol. The van der Waals surface area contributed by atoms with Crippen molar-refractivity contribution in [1.29, 1.82) is 0 Å². The molecule has 0 fully saturated rings. The number of carbonyl (C=O) groups is 1. The zero-order valence-electron chi connectivity index (χ0n) is 16.2. The molecule has 4 heterocycles. The molecule has 0 radical (unpaired) electrons. The van der Waals surface area contributed by atoms with Crippen LogP contribution in [0.5, 0.6) is 0 Å². The zero-order chi connectivity index (χ0) is 19.8. The lowest BCUT2D eigenvalue weighted by Crippen LogP contribution is -2.13. The highest BCUT2D eigenvalue weighted by molar-refractivity contribution is 6.12. The first kappa shape index (κ1) is 17.9. The van der Waals surface area contributed by atoms with Crippen molar-refractivity contribution in [2.75, 3.05) is 5.32 Å². The molecule has 0 aliphatic rings. The average Bonchev–Trinajstić information content (AvgIpc) is 3.24. The molecule has 4 aromatic heterocycles. The molecular weight excluding hydrogens is 354 g/mol. The van der Waals surface area contributed by atoms with Gasteiger partial charge < -0.3 is 9.73 Å². The summed E-state index contributed by atoms with van der Waals surface area (Å²) in [6.07, 6.45) is 4.97. The molecule has 0 atom stereocenters. The Morgan fingerprint density at radius 2 is 1.93 bits per heavy atom. The molecule has 7 nitrogen and oxygen atoms in total. The lowest BCUT2D eigenvalue weighted by atomic mass is 10.1. The molecule has 0 aliphatic heterocycles. The molecule has 0 aromatic carbocycles. The maximum Gasteiger partial charge on any atom is 0.256 e. The smallest absolute Gasteiger partial charge is 0.256 e.